The van der Waals surface area contributed by atoms with E-state index in [0.29, 0.717) is 6.04 Å². The lowest BCUT2D eigenvalue weighted by Gasteiger charge is -2.37. The van der Waals surface area contributed by atoms with Crippen molar-refractivity contribution in [2.24, 2.45) is 0 Å². The minimum absolute atomic E-state index is 0.00994. The Bertz CT molecular complexity index is 1020. The van der Waals surface area contributed by atoms with E-state index in [1.807, 2.05) is 32.9 Å². The molecule has 4 heteroatoms. The molecule has 1 saturated heterocycles. The number of rotatable bonds is 6. The summed E-state index contributed by atoms with van der Waals surface area (Å²) >= 11 is 0. The molecule has 1 atom stereocenters. The molecule has 0 saturated carbocycles. The van der Waals surface area contributed by atoms with Crippen LogP contribution in [0.15, 0.2) is 60.7 Å². The molecule has 0 spiro atoms. The van der Waals surface area contributed by atoms with Gasteiger partial charge in [0, 0.05) is 31.4 Å². The Morgan fingerprint density at radius 2 is 1.81 bits per heavy atom. The summed E-state index contributed by atoms with van der Waals surface area (Å²) in [7, 11) is 2.10. The Morgan fingerprint density at radius 3 is 2.48 bits per heavy atom. The molecule has 1 heterocycles. The number of hydrogen-bond acceptors (Lipinski definition) is 3. The lowest BCUT2D eigenvalue weighted by atomic mass is 9.96. The van der Waals surface area contributed by atoms with Crippen molar-refractivity contribution in [3.05, 3.63) is 77.4 Å². The van der Waals surface area contributed by atoms with Crippen molar-refractivity contribution in [3.8, 4) is 0 Å². The Labute approximate surface area is 186 Å². The van der Waals surface area contributed by atoms with Gasteiger partial charge in [0.1, 0.15) is 0 Å². The molecule has 2 N–H and O–H groups in total. The first-order valence-corrected chi connectivity index (χ1v) is 11.4. The topological polar surface area (TPSA) is 44.4 Å². The number of carbonyl (C=O) groups excluding carboxylic acids is 1. The van der Waals surface area contributed by atoms with E-state index >= 15 is 0 Å². The molecule has 0 radical (unpaired) electrons. The maximum Gasteiger partial charge on any atom is 0.252 e. The number of aryl methyl sites for hydroxylation is 1. The van der Waals surface area contributed by atoms with Gasteiger partial charge in [-0.05, 0) is 47.4 Å². The van der Waals surface area contributed by atoms with E-state index in [2.05, 4.69) is 78.0 Å². The van der Waals surface area contributed by atoms with E-state index in [1.165, 1.54) is 16.3 Å². The van der Waals surface area contributed by atoms with Gasteiger partial charge in [-0.25, -0.2) is 0 Å². The van der Waals surface area contributed by atoms with Crippen molar-refractivity contribution in [3.63, 3.8) is 0 Å². The normalized spacial score (nSPS) is 14.2. The number of fused-ring (bicyclic) bond motifs is 1. The average molecular weight is 418 g/mol. The first-order valence-electron chi connectivity index (χ1n) is 11.4. The Kier molecular flexibility index (Phi) is 7.69. The van der Waals surface area contributed by atoms with E-state index in [0.717, 1.165) is 36.3 Å². The summed E-state index contributed by atoms with van der Waals surface area (Å²) in [5.74, 6) is -0.00994. The van der Waals surface area contributed by atoms with Crippen molar-refractivity contribution < 1.29 is 4.79 Å². The second-order valence-corrected chi connectivity index (χ2v) is 7.92. The van der Waals surface area contributed by atoms with Crippen molar-refractivity contribution in [1.82, 2.24) is 10.6 Å². The molecular formula is C27H35N3O. The van der Waals surface area contributed by atoms with Gasteiger partial charge >= 0.3 is 0 Å². The quantitative estimate of drug-likeness (QED) is 0.559. The van der Waals surface area contributed by atoms with Crippen LogP contribution in [0, 0.1) is 6.92 Å². The van der Waals surface area contributed by atoms with Gasteiger partial charge in [0.05, 0.1) is 12.1 Å². The van der Waals surface area contributed by atoms with Crippen LogP contribution in [-0.4, -0.2) is 32.1 Å². The van der Waals surface area contributed by atoms with Crippen LogP contribution in [0.4, 0.5) is 5.69 Å². The molecule has 31 heavy (non-hydrogen) atoms. The minimum atomic E-state index is -0.0229. The van der Waals surface area contributed by atoms with Crippen LogP contribution in [0.2, 0.25) is 0 Å². The summed E-state index contributed by atoms with van der Waals surface area (Å²) in [5.41, 5.74) is 4.01. The number of nitrogens with one attached hydrogen (secondary N) is 2. The summed E-state index contributed by atoms with van der Waals surface area (Å²) in [6, 6.07) is 21.3. The van der Waals surface area contributed by atoms with Crippen LogP contribution < -0.4 is 15.5 Å². The minimum Gasteiger partial charge on any atom is -0.369 e. The van der Waals surface area contributed by atoms with E-state index < -0.39 is 0 Å². The van der Waals surface area contributed by atoms with Gasteiger partial charge in [0.15, 0.2) is 0 Å². The molecule has 1 unspecified atom stereocenters. The zero-order valence-corrected chi connectivity index (χ0v) is 19.4. The molecule has 0 bridgehead atoms. The van der Waals surface area contributed by atoms with Crippen LogP contribution in [0.25, 0.3) is 10.8 Å². The summed E-state index contributed by atoms with van der Waals surface area (Å²) in [5, 5.41) is 8.99. The molecule has 3 aromatic rings. The molecule has 4 nitrogen and oxygen atoms in total. The third-order valence-corrected chi connectivity index (χ3v) is 6.09. The van der Waals surface area contributed by atoms with Gasteiger partial charge < -0.3 is 15.5 Å². The summed E-state index contributed by atoms with van der Waals surface area (Å²) in [6.07, 6.45) is 0.839. The van der Waals surface area contributed by atoms with Gasteiger partial charge in [-0.2, -0.15) is 0 Å². The molecule has 1 fully saturated rings. The smallest absolute Gasteiger partial charge is 0.252 e. The third-order valence-electron chi connectivity index (χ3n) is 6.09. The molecule has 0 aromatic heterocycles. The first-order chi connectivity index (χ1) is 15.1. The molecule has 4 rings (SSSR count). The standard InChI is InChI=1S/C25H29N3O.C2H6/c1-4-24(22-11-7-9-18-8-5-6-10-21(18)22)27-25(29)23-14-19(13-12-17(23)2)28(3)20-15-26-16-20;1-2/h5-14,20,24,26H,4,15-16H2,1-3H3,(H,27,29);1-2H3. The van der Waals surface area contributed by atoms with Gasteiger partial charge in [-0.1, -0.05) is 69.3 Å². The lowest BCUT2D eigenvalue weighted by Crippen LogP contribution is -2.56. The predicted molar refractivity (Wildman–Crippen MR) is 132 cm³/mol. The average Bonchev–Trinajstić information content (AvgIpc) is 2.77. The Hall–Kier alpha value is -2.85. The van der Waals surface area contributed by atoms with E-state index in [4.69, 9.17) is 0 Å². The molecule has 3 aromatic carbocycles. The van der Waals surface area contributed by atoms with E-state index in [-0.39, 0.29) is 11.9 Å². The highest BCUT2D eigenvalue weighted by Gasteiger charge is 2.23. The fourth-order valence-corrected chi connectivity index (χ4v) is 4.02. The second-order valence-electron chi connectivity index (χ2n) is 7.92. The highest BCUT2D eigenvalue weighted by molar-refractivity contribution is 5.97. The van der Waals surface area contributed by atoms with Crippen molar-refractivity contribution in [2.75, 3.05) is 25.0 Å². The SMILES string of the molecule is CC.CCC(NC(=O)c1cc(N(C)C2CNC2)ccc1C)c1cccc2ccccc12. The fraction of sp³-hybridized carbons (Fsp3) is 0.370. The number of likely N-dealkylation sites (N-methyl/N-ethyl adjacent to an activating group) is 1. The van der Waals surface area contributed by atoms with Crippen LogP contribution in [-0.2, 0) is 0 Å². The third kappa shape index (κ3) is 4.91. The number of carbonyl (C=O) groups is 1. The first kappa shape index (κ1) is 22.8. The molecular weight excluding hydrogens is 382 g/mol. The maximum atomic E-state index is 13.2. The summed E-state index contributed by atoms with van der Waals surface area (Å²) in [6.45, 7) is 10.1. The van der Waals surface area contributed by atoms with Gasteiger partial charge in [-0.3, -0.25) is 4.79 Å². The number of hydrogen-bond donors (Lipinski definition) is 2. The van der Waals surface area contributed by atoms with Crippen LogP contribution in [0.3, 0.4) is 0 Å². The number of nitrogens with zero attached hydrogens (tertiary/aromatic N) is 1. The molecule has 1 aliphatic rings. The highest BCUT2D eigenvalue weighted by atomic mass is 16.1. The summed E-state index contributed by atoms with van der Waals surface area (Å²) in [4.78, 5) is 15.5. The lowest BCUT2D eigenvalue weighted by molar-refractivity contribution is 0.0935. The van der Waals surface area contributed by atoms with Crippen molar-refractivity contribution in [2.45, 2.75) is 46.2 Å². The number of amides is 1. The zero-order valence-electron chi connectivity index (χ0n) is 19.4. The largest absolute Gasteiger partial charge is 0.369 e. The monoisotopic (exact) mass is 417 g/mol. The highest BCUT2D eigenvalue weighted by Crippen LogP contribution is 2.27. The Balaban J connectivity index is 0.00000132. The second kappa shape index (κ2) is 10.5. The molecule has 1 amide bonds. The van der Waals surface area contributed by atoms with Crippen LogP contribution >= 0.6 is 0 Å². The van der Waals surface area contributed by atoms with E-state index in [9.17, 15) is 4.79 Å². The van der Waals surface area contributed by atoms with E-state index in [1.54, 1.807) is 0 Å². The summed E-state index contributed by atoms with van der Waals surface area (Å²) < 4.78 is 0. The van der Waals surface area contributed by atoms with Crippen LogP contribution in [0.5, 0.6) is 0 Å². The van der Waals surface area contributed by atoms with Gasteiger partial charge in [-0.15, -0.1) is 0 Å². The molecule has 164 valence electrons. The molecule has 0 aliphatic carbocycles. The predicted octanol–water partition coefficient (Wildman–Crippen LogP) is 5.46. The fourth-order valence-electron chi connectivity index (χ4n) is 4.02. The van der Waals surface area contributed by atoms with Gasteiger partial charge in [0.2, 0.25) is 0 Å². The number of anilines is 1. The van der Waals surface area contributed by atoms with Crippen molar-refractivity contribution in [1.29, 1.82) is 0 Å². The van der Waals surface area contributed by atoms with Gasteiger partial charge in [0.25, 0.3) is 5.91 Å². The zero-order chi connectivity index (χ0) is 22.4. The van der Waals surface area contributed by atoms with Crippen molar-refractivity contribution >= 4 is 22.4 Å². The molecule has 1 aliphatic heterocycles. The van der Waals surface area contributed by atoms with Crippen LogP contribution in [0.1, 0.15) is 54.7 Å². The number of benzene rings is 3. The maximum absolute atomic E-state index is 13.2. The Morgan fingerprint density at radius 1 is 1.10 bits per heavy atom.